The second-order valence-electron chi connectivity index (χ2n) is 7.74. The number of likely N-dealkylation sites (tertiary alicyclic amines) is 1. The largest absolute Gasteiger partial charge is 0.493 e. The number of methoxy groups -OCH3 is 2. The summed E-state index contributed by atoms with van der Waals surface area (Å²) >= 11 is 0. The summed E-state index contributed by atoms with van der Waals surface area (Å²) in [6.45, 7) is 6.36. The van der Waals surface area contributed by atoms with E-state index in [0.717, 1.165) is 11.1 Å². The van der Waals surface area contributed by atoms with E-state index < -0.39 is 5.97 Å². The first-order valence-electron chi connectivity index (χ1n) is 11.1. The zero-order valence-corrected chi connectivity index (χ0v) is 19.3. The predicted octanol–water partition coefficient (Wildman–Crippen LogP) is 4.39. The van der Waals surface area contributed by atoms with Gasteiger partial charge in [0.05, 0.1) is 39.4 Å². The van der Waals surface area contributed by atoms with Gasteiger partial charge < -0.3 is 24.1 Å². The molecule has 0 radical (unpaired) electrons. The van der Waals surface area contributed by atoms with Crippen LogP contribution in [-0.4, -0.2) is 56.5 Å². The molecule has 1 unspecified atom stereocenters. The number of carbonyl (C=O) groups is 1. The first-order chi connectivity index (χ1) is 15.5. The second-order valence-corrected chi connectivity index (χ2v) is 7.74. The molecule has 0 saturated carbocycles. The highest BCUT2D eigenvalue weighted by Crippen LogP contribution is 2.40. The minimum absolute atomic E-state index is 0.0839. The van der Waals surface area contributed by atoms with Crippen LogP contribution in [-0.2, 0) is 4.79 Å². The molecule has 32 heavy (non-hydrogen) atoms. The third kappa shape index (κ3) is 5.27. The third-order valence-corrected chi connectivity index (χ3v) is 5.85. The summed E-state index contributed by atoms with van der Waals surface area (Å²) in [5, 5.41) is 9.42. The van der Waals surface area contributed by atoms with Crippen LogP contribution in [0.4, 0.5) is 0 Å². The van der Waals surface area contributed by atoms with Gasteiger partial charge in [0.2, 0.25) is 0 Å². The van der Waals surface area contributed by atoms with Crippen LogP contribution in [0, 0.1) is 5.92 Å². The van der Waals surface area contributed by atoms with Crippen LogP contribution in [0.1, 0.15) is 43.9 Å². The molecule has 1 heterocycles. The molecule has 0 spiro atoms. The van der Waals surface area contributed by atoms with E-state index in [2.05, 4.69) is 11.0 Å². The number of hydrogen-bond acceptors (Lipinski definition) is 6. The van der Waals surface area contributed by atoms with Crippen LogP contribution in [0.2, 0.25) is 0 Å². The minimum Gasteiger partial charge on any atom is -0.493 e. The van der Waals surface area contributed by atoms with Gasteiger partial charge in [-0.15, -0.1) is 0 Å². The Bertz CT molecular complexity index is 907. The number of rotatable bonds is 10. The molecule has 1 aliphatic heterocycles. The minimum atomic E-state index is -0.716. The molecule has 0 aromatic heterocycles. The van der Waals surface area contributed by atoms with Gasteiger partial charge >= 0.3 is 5.97 Å². The monoisotopic (exact) mass is 443 g/mol. The molecule has 0 aliphatic carbocycles. The summed E-state index contributed by atoms with van der Waals surface area (Å²) in [5.41, 5.74) is 2.10. The molecular weight excluding hydrogens is 410 g/mol. The highest BCUT2D eigenvalue weighted by Gasteiger charge is 2.31. The predicted molar refractivity (Wildman–Crippen MR) is 122 cm³/mol. The second kappa shape index (κ2) is 11.1. The van der Waals surface area contributed by atoms with E-state index in [-0.39, 0.29) is 12.0 Å². The van der Waals surface area contributed by atoms with E-state index in [1.807, 2.05) is 44.2 Å². The van der Waals surface area contributed by atoms with E-state index in [9.17, 15) is 9.90 Å². The van der Waals surface area contributed by atoms with Crippen LogP contribution in [0.25, 0.3) is 0 Å². The number of ether oxygens (including phenoxy) is 4. The van der Waals surface area contributed by atoms with Gasteiger partial charge in [0.25, 0.3) is 0 Å². The van der Waals surface area contributed by atoms with Crippen molar-refractivity contribution in [3.63, 3.8) is 0 Å². The molecule has 1 atom stereocenters. The first kappa shape index (κ1) is 23.7. The standard InChI is InChI=1S/C25H33NO6/c1-5-31-21-10-8-19(16-23(21)32-6-2)24(26-13-11-17(12-14-26)25(27)28)18-7-9-20(29-3)22(15-18)30-4/h7-10,15-17,24H,5-6,11-14H2,1-4H3,(H,27,28). The molecule has 1 saturated heterocycles. The Hall–Kier alpha value is -2.93. The molecule has 0 amide bonds. The molecule has 1 N–H and O–H groups in total. The van der Waals surface area contributed by atoms with Crippen LogP contribution in [0.3, 0.4) is 0 Å². The fourth-order valence-electron chi connectivity index (χ4n) is 4.28. The lowest BCUT2D eigenvalue weighted by atomic mass is 9.91. The normalized spacial score (nSPS) is 15.8. The van der Waals surface area contributed by atoms with Crippen molar-refractivity contribution in [3.8, 4) is 23.0 Å². The van der Waals surface area contributed by atoms with Crippen molar-refractivity contribution in [3.05, 3.63) is 47.5 Å². The summed E-state index contributed by atoms with van der Waals surface area (Å²) in [6.07, 6.45) is 1.24. The highest BCUT2D eigenvalue weighted by molar-refractivity contribution is 5.70. The summed E-state index contributed by atoms with van der Waals surface area (Å²) in [5.74, 6) is 1.74. The number of carboxylic acid groups (broad SMARTS) is 1. The number of piperidine rings is 1. The SMILES string of the molecule is CCOc1ccc(C(c2ccc(OC)c(OC)c2)N2CCC(C(=O)O)CC2)cc1OCC. The molecule has 7 heteroatoms. The van der Waals surface area contributed by atoms with Crippen molar-refractivity contribution in [2.45, 2.75) is 32.7 Å². The van der Waals surface area contributed by atoms with Crippen molar-refractivity contribution < 1.29 is 28.8 Å². The fraction of sp³-hybridized carbons (Fsp3) is 0.480. The van der Waals surface area contributed by atoms with Crippen LogP contribution < -0.4 is 18.9 Å². The van der Waals surface area contributed by atoms with Gasteiger partial charge in [0.1, 0.15) is 0 Å². The van der Waals surface area contributed by atoms with E-state index in [1.165, 1.54) is 0 Å². The Kier molecular flexibility index (Phi) is 8.22. The number of hydrogen-bond donors (Lipinski definition) is 1. The van der Waals surface area contributed by atoms with Crippen molar-refractivity contribution in [2.75, 3.05) is 40.5 Å². The quantitative estimate of drug-likeness (QED) is 0.584. The summed E-state index contributed by atoms with van der Waals surface area (Å²) in [7, 11) is 3.24. The number of nitrogens with zero attached hydrogens (tertiary/aromatic N) is 1. The molecule has 1 aliphatic rings. The molecule has 1 fully saturated rings. The average Bonchev–Trinajstić information content (AvgIpc) is 2.81. The van der Waals surface area contributed by atoms with E-state index in [0.29, 0.717) is 62.1 Å². The zero-order valence-electron chi connectivity index (χ0n) is 19.3. The van der Waals surface area contributed by atoms with Crippen molar-refractivity contribution in [1.82, 2.24) is 4.90 Å². The molecule has 2 aromatic carbocycles. The topological polar surface area (TPSA) is 77.5 Å². The summed E-state index contributed by atoms with van der Waals surface area (Å²) in [6, 6.07) is 11.9. The van der Waals surface area contributed by atoms with Crippen LogP contribution in [0.5, 0.6) is 23.0 Å². The Morgan fingerprint density at radius 1 is 0.906 bits per heavy atom. The van der Waals surface area contributed by atoms with E-state index in [4.69, 9.17) is 18.9 Å². The van der Waals surface area contributed by atoms with Crippen molar-refractivity contribution >= 4 is 5.97 Å². The van der Waals surface area contributed by atoms with Crippen molar-refractivity contribution in [2.24, 2.45) is 5.92 Å². The van der Waals surface area contributed by atoms with Gasteiger partial charge in [-0.25, -0.2) is 0 Å². The van der Waals surface area contributed by atoms with Gasteiger partial charge in [-0.3, -0.25) is 9.69 Å². The van der Waals surface area contributed by atoms with Gasteiger partial charge in [-0.1, -0.05) is 12.1 Å². The number of carboxylic acids is 1. The van der Waals surface area contributed by atoms with Crippen molar-refractivity contribution in [1.29, 1.82) is 0 Å². The van der Waals surface area contributed by atoms with Gasteiger partial charge in [0, 0.05) is 0 Å². The Labute approximate surface area is 189 Å². The highest BCUT2D eigenvalue weighted by atomic mass is 16.5. The fourth-order valence-corrected chi connectivity index (χ4v) is 4.28. The summed E-state index contributed by atoms with van der Waals surface area (Å²) < 4.78 is 22.6. The molecule has 7 nitrogen and oxygen atoms in total. The van der Waals surface area contributed by atoms with E-state index >= 15 is 0 Å². The average molecular weight is 444 g/mol. The molecule has 174 valence electrons. The van der Waals surface area contributed by atoms with Crippen LogP contribution in [0.15, 0.2) is 36.4 Å². The third-order valence-electron chi connectivity index (χ3n) is 5.85. The maximum Gasteiger partial charge on any atom is 0.306 e. The molecule has 3 rings (SSSR count). The van der Waals surface area contributed by atoms with Gasteiger partial charge in [-0.2, -0.15) is 0 Å². The lowest BCUT2D eigenvalue weighted by Gasteiger charge is -2.37. The lowest BCUT2D eigenvalue weighted by molar-refractivity contribution is -0.143. The van der Waals surface area contributed by atoms with Gasteiger partial charge in [0.15, 0.2) is 23.0 Å². The maximum atomic E-state index is 11.5. The Morgan fingerprint density at radius 2 is 1.44 bits per heavy atom. The molecular formula is C25H33NO6. The zero-order chi connectivity index (χ0) is 23.1. The smallest absolute Gasteiger partial charge is 0.306 e. The first-order valence-corrected chi connectivity index (χ1v) is 11.1. The molecule has 0 bridgehead atoms. The number of aliphatic carboxylic acids is 1. The Balaban J connectivity index is 2.03. The maximum absolute atomic E-state index is 11.5. The van der Waals surface area contributed by atoms with E-state index in [1.54, 1.807) is 14.2 Å². The Morgan fingerprint density at radius 3 is 1.97 bits per heavy atom. The summed E-state index contributed by atoms with van der Waals surface area (Å²) in [4.78, 5) is 13.8. The van der Waals surface area contributed by atoms with Gasteiger partial charge in [-0.05, 0) is 75.2 Å². The number of benzene rings is 2. The lowest BCUT2D eigenvalue weighted by Crippen LogP contribution is -2.39. The van der Waals surface area contributed by atoms with Crippen LogP contribution >= 0.6 is 0 Å². The molecule has 2 aromatic rings.